The first-order valence-electron chi connectivity index (χ1n) is 6.41. The van der Waals surface area contributed by atoms with Crippen LogP contribution in [0.4, 0.5) is 0 Å². The number of carbonyl (C=O) groups excluding carboxylic acids is 1. The predicted molar refractivity (Wildman–Crippen MR) is 81.6 cm³/mol. The van der Waals surface area contributed by atoms with E-state index in [2.05, 4.69) is 5.32 Å². The number of benzene rings is 1. The number of rotatable bonds is 6. The molecule has 104 valence electrons. The highest BCUT2D eigenvalue weighted by Crippen LogP contribution is 2.49. The van der Waals surface area contributed by atoms with E-state index in [0.717, 1.165) is 17.5 Å². The number of phenolic OH excluding ortho intramolecular Hbond substituents is 1. The maximum atomic E-state index is 11.2. The Hall–Kier alpha value is -0.820. The number of aromatic hydroxyl groups is 1. The van der Waals surface area contributed by atoms with Crippen LogP contribution in [-0.2, 0) is 11.2 Å². The second kappa shape index (κ2) is 6.56. The molecule has 5 heteroatoms. The monoisotopic (exact) mass is 375 g/mol. The molecule has 0 bridgehead atoms. The van der Waals surface area contributed by atoms with Gasteiger partial charge in [0.1, 0.15) is 5.75 Å². The average Bonchev–Trinajstić information content (AvgIpc) is 3.18. The van der Waals surface area contributed by atoms with Crippen LogP contribution in [0.1, 0.15) is 23.5 Å². The van der Waals surface area contributed by atoms with Gasteiger partial charge in [-0.15, -0.1) is 0 Å². The van der Waals surface area contributed by atoms with E-state index in [0.29, 0.717) is 29.2 Å². The van der Waals surface area contributed by atoms with Crippen LogP contribution < -0.4 is 5.32 Å². The molecule has 0 radical (unpaired) electrons. The molecule has 0 aliphatic heterocycles. The molecule has 2 atom stereocenters. The molecular formula is C14H18INO3. The van der Waals surface area contributed by atoms with Gasteiger partial charge in [0.05, 0.1) is 4.43 Å². The molecule has 1 amide bonds. The fourth-order valence-corrected chi connectivity index (χ4v) is 2.74. The first-order chi connectivity index (χ1) is 9.17. The summed E-state index contributed by atoms with van der Waals surface area (Å²) < 4.78 is 0.483. The number of aliphatic hydroxyl groups excluding tert-OH is 1. The van der Waals surface area contributed by atoms with Crippen molar-refractivity contribution in [3.05, 3.63) is 29.3 Å². The maximum Gasteiger partial charge on any atom is 0.229 e. The van der Waals surface area contributed by atoms with Gasteiger partial charge in [0.2, 0.25) is 5.91 Å². The van der Waals surface area contributed by atoms with Gasteiger partial charge in [-0.3, -0.25) is 4.79 Å². The number of hydrogen-bond donors (Lipinski definition) is 3. The third kappa shape index (κ3) is 3.60. The zero-order chi connectivity index (χ0) is 13.8. The maximum absolute atomic E-state index is 11.2. The van der Waals surface area contributed by atoms with Crippen molar-refractivity contribution in [3.63, 3.8) is 0 Å². The number of hydrogen-bond acceptors (Lipinski definition) is 3. The molecule has 1 aliphatic rings. The lowest BCUT2D eigenvalue weighted by atomic mass is 9.98. The van der Waals surface area contributed by atoms with Gasteiger partial charge in [-0.2, -0.15) is 0 Å². The van der Waals surface area contributed by atoms with Crippen molar-refractivity contribution in [1.29, 1.82) is 0 Å². The lowest BCUT2D eigenvalue weighted by Gasteiger charge is -2.10. The predicted octanol–water partition coefficient (Wildman–Crippen LogP) is 1.58. The van der Waals surface area contributed by atoms with E-state index < -0.39 is 0 Å². The van der Waals surface area contributed by atoms with Gasteiger partial charge in [0, 0.05) is 13.2 Å². The number of alkyl halides is 1. The average molecular weight is 375 g/mol. The van der Waals surface area contributed by atoms with Crippen molar-refractivity contribution in [1.82, 2.24) is 5.32 Å². The minimum Gasteiger partial charge on any atom is -0.508 e. The van der Waals surface area contributed by atoms with E-state index in [1.807, 2.05) is 34.7 Å². The molecular weight excluding hydrogens is 357 g/mol. The van der Waals surface area contributed by atoms with Crippen molar-refractivity contribution in [3.8, 4) is 5.75 Å². The highest BCUT2D eigenvalue weighted by molar-refractivity contribution is 14.1. The summed E-state index contributed by atoms with van der Waals surface area (Å²) in [4.78, 5) is 11.2. The van der Waals surface area contributed by atoms with Crippen LogP contribution in [0.2, 0.25) is 0 Å². The Morgan fingerprint density at radius 3 is 2.95 bits per heavy atom. The molecule has 19 heavy (non-hydrogen) atoms. The van der Waals surface area contributed by atoms with Crippen molar-refractivity contribution in [2.75, 3.05) is 17.6 Å². The Balaban J connectivity index is 2.00. The quantitative estimate of drug-likeness (QED) is 0.523. The zero-order valence-corrected chi connectivity index (χ0v) is 12.8. The van der Waals surface area contributed by atoms with Gasteiger partial charge in [-0.05, 0) is 41.9 Å². The fourth-order valence-electron chi connectivity index (χ4n) is 2.47. The summed E-state index contributed by atoms with van der Waals surface area (Å²) in [6.07, 6.45) is 1.51. The number of aliphatic hydroxyl groups is 1. The molecule has 3 N–H and O–H groups in total. The topological polar surface area (TPSA) is 69.6 Å². The molecule has 0 spiro atoms. The Kier molecular flexibility index (Phi) is 5.04. The molecule has 0 aromatic heterocycles. The van der Waals surface area contributed by atoms with E-state index in [4.69, 9.17) is 5.11 Å². The lowest BCUT2D eigenvalue weighted by Crippen LogP contribution is -2.26. The Labute approximate surface area is 126 Å². The van der Waals surface area contributed by atoms with E-state index >= 15 is 0 Å². The summed E-state index contributed by atoms with van der Waals surface area (Å²) >= 11 is 2.05. The molecule has 0 saturated heterocycles. The normalized spacial score (nSPS) is 21.2. The summed E-state index contributed by atoms with van der Waals surface area (Å²) in [5.74, 6) is 1.17. The van der Waals surface area contributed by atoms with Crippen LogP contribution in [0.15, 0.2) is 18.2 Å². The van der Waals surface area contributed by atoms with E-state index in [1.54, 1.807) is 6.07 Å². The van der Waals surface area contributed by atoms with Crippen molar-refractivity contribution in [2.24, 2.45) is 5.92 Å². The number of nitrogens with one attached hydrogen (secondary N) is 1. The molecule has 4 nitrogen and oxygen atoms in total. The second-order valence-electron chi connectivity index (χ2n) is 4.86. The summed E-state index contributed by atoms with van der Waals surface area (Å²) in [6, 6.07) is 5.50. The Bertz CT molecular complexity index is 464. The Morgan fingerprint density at radius 1 is 1.47 bits per heavy atom. The molecule has 1 unspecified atom stereocenters. The van der Waals surface area contributed by atoms with Gasteiger partial charge >= 0.3 is 0 Å². The molecule has 2 rings (SSSR count). The first kappa shape index (κ1) is 14.6. The van der Waals surface area contributed by atoms with E-state index in [-0.39, 0.29) is 18.3 Å². The molecule has 1 aromatic carbocycles. The lowest BCUT2D eigenvalue weighted by molar-refractivity contribution is -0.118. The van der Waals surface area contributed by atoms with Crippen LogP contribution in [0.25, 0.3) is 0 Å². The van der Waals surface area contributed by atoms with E-state index in [1.165, 1.54) is 0 Å². The largest absolute Gasteiger partial charge is 0.508 e. The van der Waals surface area contributed by atoms with Crippen LogP contribution in [0.3, 0.4) is 0 Å². The summed E-state index contributed by atoms with van der Waals surface area (Å²) in [5, 5.41) is 21.8. The highest BCUT2D eigenvalue weighted by Gasteiger charge is 2.39. The standard InChI is InChI=1S/C14H18INO3/c15-7-14(19)16-8-9-6-12(9)10-2-1-3-13(18)11(10)4-5-17/h1-3,9,12,17-18H,4-8H2,(H,16,19)/t9-,12?/m0/s1. The van der Waals surface area contributed by atoms with Gasteiger partial charge in [0.25, 0.3) is 0 Å². The van der Waals surface area contributed by atoms with Crippen LogP contribution in [0, 0.1) is 5.92 Å². The number of amides is 1. The molecule has 1 aromatic rings. The first-order valence-corrected chi connectivity index (χ1v) is 7.94. The van der Waals surface area contributed by atoms with Gasteiger partial charge in [0.15, 0.2) is 0 Å². The van der Waals surface area contributed by atoms with Crippen LogP contribution in [0.5, 0.6) is 5.75 Å². The smallest absolute Gasteiger partial charge is 0.229 e. The van der Waals surface area contributed by atoms with Crippen LogP contribution >= 0.6 is 22.6 Å². The van der Waals surface area contributed by atoms with Gasteiger partial charge in [-0.25, -0.2) is 0 Å². The summed E-state index contributed by atoms with van der Waals surface area (Å²) in [6.45, 7) is 0.730. The van der Waals surface area contributed by atoms with Crippen LogP contribution in [-0.4, -0.2) is 33.7 Å². The minimum atomic E-state index is 0.0352. The number of halogens is 1. The van der Waals surface area contributed by atoms with Gasteiger partial charge in [-0.1, -0.05) is 34.7 Å². The third-order valence-electron chi connectivity index (χ3n) is 3.55. The third-order valence-corrected chi connectivity index (χ3v) is 4.25. The summed E-state index contributed by atoms with van der Waals surface area (Å²) in [7, 11) is 0. The zero-order valence-electron chi connectivity index (χ0n) is 10.6. The molecule has 0 heterocycles. The summed E-state index contributed by atoms with van der Waals surface area (Å²) in [5.41, 5.74) is 1.96. The van der Waals surface area contributed by atoms with Gasteiger partial charge < -0.3 is 15.5 Å². The highest BCUT2D eigenvalue weighted by atomic mass is 127. The van der Waals surface area contributed by atoms with E-state index in [9.17, 15) is 9.90 Å². The van der Waals surface area contributed by atoms with Crippen molar-refractivity contribution in [2.45, 2.75) is 18.8 Å². The van der Waals surface area contributed by atoms with Crippen molar-refractivity contribution >= 4 is 28.5 Å². The fraction of sp³-hybridized carbons (Fsp3) is 0.500. The second-order valence-corrected chi connectivity index (χ2v) is 5.62. The minimum absolute atomic E-state index is 0.0352. The molecule has 1 fully saturated rings. The van der Waals surface area contributed by atoms with Crippen molar-refractivity contribution < 1.29 is 15.0 Å². The molecule has 1 aliphatic carbocycles. The number of phenols is 1. The molecule has 1 saturated carbocycles. The number of carbonyl (C=O) groups is 1. The Morgan fingerprint density at radius 2 is 2.26 bits per heavy atom. The SMILES string of the molecule is O=C(CI)NC[C@@H]1CC1c1cccc(O)c1CCO.